The van der Waals surface area contributed by atoms with Crippen LogP contribution in [0.2, 0.25) is 0 Å². The van der Waals surface area contributed by atoms with E-state index in [2.05, 4.69) is 37.2 Å². The molecule has 12 heteroatoms. The highest BCUT2D eigenvalue weighted by molar-refractivity contribution is 7.99. The third-order valence-electron chi connectivity index (χ3n) is 7.10. The Balaban J connectivity index is 1.22. The van der Waals surface area contributed by atoms with Crippen molar-refractivity contribution in [1.82, 2.24) is 24.8 Å². The third-order valence-corrected chi connectivity index (χ3v) is 8.05. The molecule has 0 aliphatic carbocycles. The first-order chi connectivity index (χ1) is 19.4. The molecule has 0 unspecified atom stereocenters. The smallest absolute Gasteiger partial charge is 0.270 e. The molecular formula is C28H28N8O3S. The second kappa shape index (κ2) is 11.0. The molecule has 4 aromatic rings. The monoisotopic (exact) mass is 556 g/mol. The molecule has 2 N–H and O–H groups in total. The highest BCUT2D eigenvalue weighted by atomic mass is 32.2. The number of nitro benzene ring substituents is 1. The fourth-order valence-corrected chi connectivity index (χ4v) is 6.16. The Kier molecular flexibility index (Phi) is 7.08. The minimum absolute atomic E-state index is 0.0230. The fourth-order valence-electron chi connectivity index (χ4n) is 5.21. The van der Waals surface area contributed by atoms with E-state index in [-0.39, 0.29) is 17.6 Å². The van der Waals surface area contributed by atoms with Crippen LogP contribution >= 0.6 is 11.8 Å². The highest BCUT2D eigenvalue weighted by Gasteiger charge is 2.26. The van der Waals surface area contributed by atoms with Crippen LogP contribution in [0, 0.1) is 10.1 Å². The van der Waals surface area contributed by atoms with Gasteiger partial charge in [-0.1, -0.05) is 23.9 Å². The first kappa shape index (κ1) is 25.8. The van der Waals surface area contributed by atoms with Crippen LogP contribution in [0.25, 0.3) is 22.6 Å². The Morgan fingerprint density at radius 3 is 2.62 bits per heavy atom. The van der Waals surface area contributed by atoms with Crippen LogP contribution in [0.4, 0.5) is 23.0 Å². The summed E-state index contributed by atoms with van der Waals surface area (Å²) in [6.07, 6.45) is 3.56. The van der Waals surface area contributed by atoms with Gasteiger partial charge in [-0.2, -0.15) is 0 Å². The molecule has 2 aromatic heterocycles. The molecule has 11 nitrogen and oxygen atoms in total. The van der Waals surface area contributed by atoms with E-state index in [0.29, 0.717) is 22.9 Å². The zero-order chi connectivity index (χ0) is 27.6. The van der Waals surface area contributed by atoms with E-state index in [0.717, 1.165) is 60.5 Å². The first-order valence-electron chi connectivity index (χ1n) is 13.2. The summed E-state index contributed by atoms with van der Waals surface area (Å²) in [5.74, 6) is 1.39. The maximum absolute atomic E-state index is 11.4. The van der Waals surface area contributed by atoms with E-state index in [1.165, 1.54) is 6.07 Å². The summed E-state index contributed by atoms with van der Waals surface area (Å²) in [6.45, 7) is 4.13. The van der Waals surface area contributed by atoms with Crippen LogP contribution in [0.3, 0.4) is 0 Å². The second-order valence-electron chi connectivity index (χ2n) is 9.80. The lowest BCUT2D eigenvalue weighted by Crippen LogP contribution is -2.44. The van der Waals surface area contributed by atoms with Crippen molar-refractivity contribution in [3.8, 4) is 22.6 Å². The first-order valence-corrected chi connectivity index (χ1v) is 14.1. The van der Waals surface area contributed by atoms with Gasteiger partial charge in [-0.05, 0) is 43.2 Å². The van der Waals surface area contributed by atoms with Crippen LogP contribution in [0.1, 0.15) is 19.8 Å². The SMILES string of the molecule is CC(=O)NC1CCN(c2ccc(Nc3nccc(-c4c(-c5cccc([N+](=O)[O-])c5)nc5n4CCS5)n3)cc2)CC1. The number of piperidine rings is 1. The predicted octanol–water partition coefficient (Wildman–Crippen LogP) is 4.87. The predicted molar refractivity (Wildman–Crippen MR) is 155 cm³/mol. The van der Waals surface area contributed by atoms with Crippen molar-refractivity contribution >= 4 is 40.7 Å². The van der Waals surface area contributed by atoms with Crippen molar-refractivity contribution in [3.05, 3.63) is 70.9 Å². The van der Waals surface area contributed by atoms with E-state index in [1.54, 1.807) is 37.0 Å². The molecule has 6 rings (SSSR count). The van der Waals surface area contributed by atoms with Crippen LogP contribution in [0.5, 0.6) is 0 Å². The van der Waals surface area contributed by atoms with E-state index in [9.17, 15) is 14.9 Å². The van der Waals surface area contributed by atoms with E-state index >= 15 is 0 Å². The number of nitrogens with one attached hydrogen (secondary N) is 2. The number of non-ortho nitro benzene ring substituents is 1. The van der Waals surface area contributed by atoms with Gasteiger partial charge in [0.15, 0.2) is 5.16 Å². The number of thioether (sulfide) groups is 1. The number of nitrogens with zero attached hydrogens (tertiary/aromatic N) is 6. The van der Waals surface area contributed by atoms with Crippen molar-refractivity contribution in [2.24, 2.45) is 0 Å². The summed E-state index contributed by atoms with van der Waals surface area (Å²) >= 11 is 1.66. The lowest BCUT2D eigenvalue weighted by molar-refractivity contribution is -0.384. The largest absolute Gasteiger partial charge is 0.371 e. The van der Waals surface area contributed by atoms with Crippen LogP contribution in [-0.4, -0.2) is 55.2 Å². The number of nitro groups is 1. The van der Waals surface area contributed by atoms with Crippen LogP contribution < -0.4 is 15.5 Å². The van der Waals surface area contributed by atoms with Gasteiger partial charge >= 0.3 is 0 Å². The molecule has 2 aromatic carbocycles. The Labute approximate surface area is 235 Å². The van der Waals surface area contributed by atoms with E-state index < -0.39 is 4.92 Å². The van der Waals surface area contributed by atoms with Gasteiger partial charge < -0.3 is 20.1 Å². The zero-order valence-corrected chi connectivity index (χ0v) is 22.7. The summed E-state index contributed by atoms with van der Waals surface area (Å²) in [4.78, 5) is 38.7. The van der Waals surface area contributed by atoms with Crippen LogP contribution in [0.15, 0.2) is 66.0 Å². The van der Waals surface area contributed by atoms with Crippen molar-refractivity contribution in [2.75, 3.05) is 29.1 Å². The molecule has 0 spiro atoms. The number of amides is 1. The second-order valence-corrected chi connectivity index (χ2v) is 10.9. The molecule has 40 heavy (non-hydrogen) atoms. The average molecular weight is 557 g/mol. The van der Waals surface area contributed by atoms with Gasteiger partial charge in [-0.25, -0.2) is 15.0 Å². The van der Waals surface area contributed by atoms with E-state index in [4.69, 9.17) is 9.97 Å². The Morgan fingerprint density at radius 1 is 1.07 bits per heavy atom. The fraction of sp³-hybridized carbons (Fsp3) is 0.286. The minimum Gasteiger partial charge on any atom is -0.371 e. The van der Waals surface area contributed by atoms with Crippen molar-refractivity contribution < 1.29 is 9.72 Å². The van der Waals surface area contributed by atoms with Gasteiger partial charge in [0.2, 0.25) is 11.9 Å². The Hall–Kier alpha value is -4.45. The Bertz CT molecular complexity index is 1560. The van der Waals surface area contributed by atoms with Gasteiger partial charge in [-0.15, -0.1) is 0 Å². The highest BCUT2D eigenvalue weighted by Crippen LogP contribution is 2.39. The summed E-state index contributed by atoms with van der Waals surface area (Å²) in [6, 6.07) is 16.8. The maximum atomic E-state index is 11.4. The normalized spacial score (nSPS) is 15.1. The van der Waals surface area contributed by atoms with Gasteiger partial charge in [-0.3, -0.25) is 14.9 Å². The standard InChI is InChI=1S/C28H28N8O3S/c1-18(37)30-21-10-13-34(14-11-21)22-7-5-20(6-8-22)31-27-29-12-9-24(32-27)26-25(33-28-35(26)15-16-40-28)19-3-2-4-23(17-19)36(38)39/h2-9,12,17,21H,10-11,13-16H2,1H3,(H,30,37)(H,29,31,32). The van der Waals surface area contributed by atoms with Crippen molar-refractivity contribution in [2.45, 2.75) is 37.5 Å². The van der Waals surface area contributed by atoms with Crippen molar-refractivity contribution in [1.29, 1.82) is 0 Å². The topological polar surface area (TPSA) is 131 Å². The molecule has 2 aliphatic heterocycles. The number of anilines is 3. The lowest BCUT2D eigenvalue weighted by atomic mass is 10.0. The summed E-state index contributed by atoms with van der Waals surface area (Å²) in [7, 11) is 0. The van der Waals surface area contributed by atoms with Gasteiger partial charge in [0.05, 0.1) is 22.0 Å². The number of benzene rings is 2. The van der Waals surface area contributed by atoms with Gasteiger partial charge in [0.1, 0.15) is 0 Å². The number of fused-ring (bicyclic) bond motifs is 1. The number of aromatic nitrogens is 4. The summed E-state index contributed by atoms with van der Waals surface area (Å²) in [5.41, 5.74) is 4.88. The molecule has 1 fully saturated rings. The average Bonchev–Trinajstić information content (AvgIpc) is 3.56. The molecule has 1 amide bonds. The van der Waals surface area contributed by atoms with Crippen LogP contribution in [-0.2, 0) is 11.3 Å². The van der Waals surface area contributed by atoms with Crippen molar-refractivity contribution in [3.63, 3.8) is 0 Å². The number of imidazole rings is 1. The third kappa shape index (κ3) is 5.34. The lowest BCUT2D eigenvalue weighted by Gasteiger charge is -2.33. The quantitative estimate of drug-likeness (QED) is 0.242. The number of carbonyl (C=O) groups is 1. The van der Waals surface area contributed by atoms with Gasteiger partial charge in [0, 0.05) is 73.6 Å². The van der Waals surface area contributed by atoms with E-state index in [1.807, 2.05) is 24.3 Å². The maximum Gasteiger partial charge on any atom is 0.270 e. The number of hydrogen-bond acceptors (Lipinski definition) is 9. The molecule has 0 saturated carbocycles. The van der Waals surface area contributed by atoms with Gasteiger partial charge in [0.25, 0.3) is 5.69 Å². The summed E-state index contributed by atoms with van der Waals surface area (Å²) < 4.78 is 2.12. The molecule has 0 bridgehead atoms. The summed E-state index contributed by atoms with van der Waals surface area (Å²) in [5, 5.41) is 18.6. The Morgan fingerprint density at radius 2 is 1.88 bits per heavy atom. The number of hydrogen-bond donors (Lipinski definition) is 2. The molecule has 0 radical (unpaired) electrons. The minimum atomic E-state index is -0.395. The molecule has 204 valence electrons. The molecule has 1 saturated heterocycles. The molecular weight excluding hydrogens is 528 g/mol. The molecule has 0 atom stereocenters. The number of rotatable bonds is 7. The number of carbonyl (C=O) groups excluding carboxylic acids is 1. The molecule has 2 aliphatic rings. The molecule has 4 heterocycles. The zero-order valence-electron chi connectivity index (χ0n) is 21.9.